The van der Waals surface area contributed by atoms with Crippen LogP contribution in [0.15, 0.2) is 36.4 Å². The SMILES string of the molecule is O=C(O)c1ccc(OC(=O)c2c(Cl)cccc2Cl)c([N+](=O)[O-])c1. The number of hydrogen-bond donors (Lipinski definition) is 1. The summed E-state index contributed by atoms with van der Waals surface area (Å²) in [6, 6.07) is 7.22. The second-order valence-electron chi connectivity index (χ2n) is 4.23. The molecule has 0 unspecified atom stereocenters. The number of carbonyl (C=O) groups excluding carboxylic acids is 1. The molecule has 0 heterocycles. The molecule has 9 heteroatoms. The van der Waals surface area contributed by atoms with E-state index < -0.39 is 28.3 Å². The fraction of sp³-hybridized carbons (Fsp3) is 0. The average molecular weight is 356 g/mol. The molecule has 0 radical (unpaired) electrons. The van der Waals surface area contributed by atoms with Crippen molar-refractivity contribution in [2.45, 2.75) is 0 Å². The van der Waals surface area contributed by atoms with Crippen LogP contribution in [0.1, 0.15) is 20.7 Å². The molecule has 23 heavy (non-hydrogen) atoms. The van der Waals surface area contributed by atoms with Gasteiger partial charge in [0, 0.05) is 6.07 Å². The lowest BCUT2D eigenvalue weighted by atomic mass is 10.2. The van der Waals surface area contributed by atoms with E-state index in [9.17, 15) is 19.7 Å². The first-order valence-corrected chi connectivity index (χ1v) is 6.74. The molecular weight excluding hydrogens is 349 g/mol. The lowest BCUT2D eigenvalue weighted by Gasteiger charge is -2.08. The van der Waals surface area contributed by atoms with Gasteiger partial charge in [-0.3, -0.25) is 10.1 Å². The van der Waals surface area contributed by atoms with E-state index in [1.807, 2.05) is 0 Å². The fourth-order valence-corrected chi connectivity index (χ4v) is 2.27. The molecule has 0 aromatic heterocycles. The lowest BCUT2D eigenvalue weighted by Crippen LogP contribution is -2.11. The van der Waals surface area contributed by atoms with Gasteiger partial charge in [0.1, 0.15) is 0 Å². The van der Waals surface area contributed by atoms with Gasteiger partial charge in [0.2, 0.25) is 5.75 Å². The third kappa shape index (κ3) is 3.58. The van der Waals surface area contributed by atoms with Crippen LogP contribution in [0.5, 0.6) is 5.75 Å². The number of carboxylic acid groups (broad SMARTS) is 1. The van der Waals surface area contributed by atoms with Crippen LogP contribution in [0.25, 0.3) is 0 Å². The Hall–Kier alpha value is -2.64. The normalized spacial score (nSPS) is 10.2. The summed E-state index contributed by atoms with van der Waals surface area (Å²) in [5.74, 6) is -2.76. The van der Waals surface area contributed by atoms with Gasteiger partial charge in [-0.15, -0.1) is 0 Å². The number of rotatable bonds is 4. The number of nitrogens with zero attached hydrogens (tertiary/aromatic N) is 1. The smallest absolute Gasteiger partial charge is 0.346 e. The van der Waals surface area contributed by atoms with E-state index in [0.29, 0.717) is 0 Å². The molecule has 0 atom stereocenters. The number of carbonyl (C=O) groups is 2. The van der Waals surface area contributed by atoms with Crippen LogP contribution in [-0.4, -0.2) is 22.0 Å². The first kappa shape index (κ1) is 16.7. The Balaban J connectivity index is 2.42. The summed E-state index contributed by atoms with van der Waals surface area (Å²) in [4.78, 5) is 33.1. The number of carboxylic acids is 1. The number of aromatic carboxylic acids is 1. The minimum Gasteiger partial charge on any atom is -0.478 e. The Morgan fingerprint density at radius 3 is 2.26 bits per heavy atom. The van der Waals surface area contributed by atoms with Crippen molar-refractivity contribution in [2.75, 3.05) is 0 Å². The zero-order valence-electron chi connectivity index (χ0n) is 11.2. The van der Waals surface area contributed by atoms with Crippen LogP contribution >= 0.6 is 23.2 Å². The quantitative estimate of drug-likeness (QED) is 0.386. The Kier molecular flexibility index (Phi) is 4.83. The van der Waals surface area contributed by atoms with Gasteiger partial charge in [-0.1, -0.05) is 29.3 Å². The van der Waals surface area contributed by atoms with Crippen LogP contribution in [0.3, 0.4) is 0 Å². The third-order valence-corrected chi connectivity index (χ3v) is 3.40. The molecule has 0 spiro atoms. The maximum absolute atomic E-state index is 12.1. The van der Waals surface area contributed by atoms with Gasteiger partial charge in [0.15, 0.2) is 0 Å². The Morgan fingerprint density at radius 1 is 1.13 bits per heavy atom. The predicted molar refractivity (Wildman–Crippen MR) is 81.5 cm³/mol. The molecule has 118 valence electrons. The second kappa shape index (κ2) is 6.64. The van der Waals surface area contributed by atoms with E-state index in [4.69, 9.17) is 33.0 Å². The van der Waals surface area contributed by atoms with Crippen molar-refractivity contribution in [3.05, 3.63) is 67.7 Å². The number of ether oxygens (including phenoxy) is 1. The zero-order valence-corrected chi connectivity index (χ0v) is 12.7. The fourth-order valence-electron chi connectivity index (χ4n) is 1.72. The number of benzene rings is 2. The number of esters is 1. The Bertz CT molecular complexity index is 801. The highest BCUT2D eigenvalue weighted by atomic mass is 35.5. The average Bonchev–Trinajstić information content (AvgIpc) is 2.46. The van der Waals surface area contributed by atoms with Crippen molar-refractivity contribution in [2.24, 2.45) is 0 Å². The summed E-state index contributed by atoms with van der Waals surface area (Å²) in [7, 11) is 0. The van der Waals surface area contributed by atoms with Gasteiger partial charge in [0.05, 0.1) is 26.1 Å². The van der Waals surface area contributed by atoms with Crippen LogP contribution in [-0.2, 0) is 0 Å². The van der Waals surface area contributed by atoms with Gasteiger partial charge < -0.3 is 9.84 Å². The second-order valence-corrected chi connectivity index (χ2v) is 5.05. The summed E-state index contributed by atoms with van der Waals surface area (Å²) >= 11 is 11.7. The minimum atomic E-state index is -1.35. The first-order valence-electron chi connectivity index (χ1n) is 5.99. The molecule has 0 saturated heterocycles. The van der Waals surface area contributed by atoms with Gasteiger partial charge >= 0.3 is 17.6 Å². The zero-order chi connectivity index (χ0) is 17.1. The molecule has 0 bridgehead atoms. The maximum atomic E-state index is 12.1. The molecule has 2 aromatic carbocycles. The van der Waals surface area contributed by atoms with Crippen molar-refractivity contribution in [1.29, 1.82) is 0 Å². The maximum Gasteiger partial charge on any atom is 0.346 e. The molecule has 0 aliphatic heterocycles. The number of nitro benzene ring substituents is 1. The molecule has 1 N–H and O–H groups in total. The molecule has 0 saturated carbocycles. The Labute approximate surface area is 139 Å². The number of nitro groups is 1. The van der Waals surface area contributed by atoms with Gasteiger partial charge in [-0.05, 0) is 24.3 Å². The van der Waals surface area contributed by atoms with E-state index in [0.717, 1.165) is 18.2 Å². The van der Waals surface area contributed by atoms with Crippen molar-refractivity contribution < 1.29 is 24.4 Å². The summed E-state index contributed by atoms with van der Waals surface area (Å²) in [6.45, 7) is 0. The lowest BCUT2D eigenvalue weighted by molar-refractivity contribution is -0.385. The molecule has 7 nitrogen and oxygen atoms in total. The van der Waals surface area contributed by atoms with Crippen LogP contribution in [0, 0.1) is 10.1 Å². The number of halogens is 2. The molecule has 0 fully saturated rings. The van der Waals surface area contributed by atoms with Crippen molar-refractivity contribution in [3.63, 3.8) is 0 Å². The number of hydrogen-bond acceptors (Lipinski definition) is 5. The first-order chi connectivity index (χ1) is 10.8. The highest BCUT2D eigenvalue weighted by molar-refractivity contribution is 6.39. The molecule has 0 amide bonds. The summed E-state index contributed by atoms with van der Waals surface area (Å²) < 4.78 is 4.95. The highest BCUT2D eigenvalue weighted by Crippen LogP contribution is 2.31. The highest BCUT2D eigenvalue weighted by Gasteiger charge is 2.23. The monoisotopic (exact) mass is 355 g/mol. The standard InChI is InChI=1S/C14H7Cl2NO6/c15-8-2-1-3-9(16)12(8)14(20)23-11-5-4-7(13(18)19)6-10(11)17(21)22/h1-6H,(H,18,19). The molecular formula is C14H7Cl2NO6. The summed E-state index contributed by atoms with van der Waals surface area (Å²) in [5.41, 5.74) is -1.12. The van der Waals surface area contributed by atoms with Gasteiger partial charge in [0.25, 0.3) is 0 Å². The van der Waals surface area contributed by atoms with Crippen LogP contribution < -0.4 is 4.74 Å². The van der Waals surface area contributed by atoms with Crippen molar-refractivity contribution in [1.82, 2.24) is 0 Å². The summed E-state index contributed by atoms with van der Waals surface area (Å²) in [6.07, 6.45) is 0. The minimum absolute atomic E-state index is 0.0207. The molecule has 0 aliphatic rings. The van der Waals surface area contributed by atoms with E-state index in [2.05, 4.69) is 0 Å². The third-order valence-electron chi connectivity index (χ3n) is 2.77. The topological polar surface area (TPSA) is 107 Å². The predicted octanol–water partition coefficient (Wildman–Crippen LogP) is 3.82. The van der Waals surface area contributed by atoms with Crippen molar-refractivity contribution >= 4 is 40.8 Å². The van der Waals surface area contributed by atoms with Gasteiger partial charge in [-0.25, -0.2) is 9.59 Å². The summed E-state index contributed by atoms with van der Waals surface area (Å²) in [5, 5.41) is 19.9. The molecule has 2 rings (SSSR count). The Morgan fingerprint density at radius 2 is 1.74 bits per heavy atom. The van der Waals surface area contributed by atoms with E-state index in [-0.39, 0.29) is 21.2 Å². The van der Waals surface area contributed by atoms with Gasteiger partial charge in [-0.2, -0.15) is 0 Å². The van der Waals surface area contributed by atoms with E-state index >= 15 is 0 Å². The largest absolute Gasteiger partial charge is 0.478 e. The van der Waals surface area contributed by atoms with E-state index in [1.54, 1.807) is 0 Å². The molecule has 2 aromatic rings. The van der Waals surface area contributed by atoms with E-state index in [1.165, 1.54) is 18.2 Å². The van der Waals surface area contributed by atoms with Crippen molar-refractivity contribution in [3.8, 4) is 5.75 Å². The van der Waals surface area contributed by atoms with Crippen LogP contribution in [0.2, 0.25) is 10.0 Å². The molecule has 0 aliphatic carbocycles. The van der Waals surface area contributed by atoms with Crippen LogP contribution in [0.4, 0.5) is 5.69 Å².